The van der Waals surface area contributed by atoms with E-state index in [1.165, 1.54) is 0 Å². The first-order valence-electron chi connectivity index (χ1n) is 6.36. The van der Waals surface area contributed by atoms with Crippen molar-refractivity contribution >= 4 is 5.96 Å². The van der Waals surface area contributed by atoms with E-state index in [1.807, 2.05) is 0 Å². The highest BCUT2D eigenvalue weighted by Crippen LogP contribution is 2.36. The Balaban J connectivity index is 2.99. The molecule has 1 aliphatic heterocycles. The molecule has 0 bridgehead atoms. The van der Waals surface area contributed by atoms with Crippen molar-refractivity contribution in [3.05, 3.63) is 0 Å². The third kappa shape index (κ3) is 2.69. The van der Waals surface area contributed by atoms with Crippen LogP contribution >= 0.6 is 0 Å². The van der Waals surface area contributed by atoms with Crippen molar-refractivity contribution in [2.24, 2.45) is 22.1 Å². The Morgan fingerprint density at radius 2 is 1.94 bits per heavy atom. The first-order valence-corrected chi connectivity index (χ1v) is 6.36. The topological polar surface area (TPSA) is 41.6 Å². The van der Waals surface area contributed by atoms with E-state index in [4.69, 9.17) is 5.73 Å². The van der Waals surface area contributed by atoms with E-state index in [2.05, 4.69) is 51.4 Å². The molecular weight excluding hydrogens is 198 g/mol. The Labute approximate surface area is 100 Å². The highest BCUT2D eigenvalue weighted by atomic mass is 15.3. The first-order chi connectivity index (χ1) is 7.26. The van der Waals surface area contributed by atoms with E-state index >= 15 is 0 Å². The fourth-order valence-electron chi connectivity index (χ4n) is 2.42. The minimum atomic E-state index is 0.300. The second kappa shape index (κ2) is 4.64. The Hall–Kier alpha value is -0.730. The molecule has 0 aromatic heterocycles. The van der Waals surface area contributed by atoms with Crippen molar-refractivity contribution in [2.45, 2.75) is 60.0 Å². The van der Waals surface area contributed by atoms with Gasteiger partial charge in [-0.05, 0) is 38.5 Å². The van der Waals surface area contributed by atoms with Gasteiger partial charge in [-0.25, -0.2) is 0 Å². The molecule has 94 valence electrons. The summed E-state index contributed by atoms with van der Waals surface area (Å²) in [5, 5.41) is 0. The summed E-state index contributed by atoms with van der Waals surface area (Å²) in [5.74, 6) is 1.36. The number of guanidine groups is 1. The summed E-state index contributed by atoms with van der Waals surface area (Å²) >= 11 is 0. The maximum atomic E-state index is 6.07. The van der Waals surface area contributed by atoms with E-state index in [-0.39, 0.29) is 0 Å². The van der Waals surface area contributed by atoms with Gasteiger partial charge in [-0.2, -0.15) is 0 Å². The van der Waals surface area contributed by atoms with Crippen LogP contribution in [0.3, 0.4) is 0 Å². The molecule has 0 aliphatic carbocycles. The van der Waals surface area contributed by atoms with E-state index in [0.29, 0.717) is 29.4 Å². The van der Waals surface area contributed by atoms with Gasteiger partial charge >= 0.3 is 0 Å². The maximum absolute atomic E-state index is 6.07. The van der Waals surface area contributed by atoms with E-state index in [0.717, 1.165) is 13.0 Å². The highest BCUT2D eigenvalue weighted by Gasteiger charge is 2.36. The SMILES string of the molecule is CC1CC(C)(C(C)C)CN(C(C)C)C(N)=N1. The largest absolute Gasteiger partial charge is 0.370 e. The minimum absolute atomic E-state index is 0.300. The molecule has 0 fully saturated rings. The van der Waals surface area contributed by atoms with Crippen LogP contribution in [-0.2, 0) is 0 Å². The van der Waals surface area contributed by atoms with Crippen molar-refractivity contribution in [2.75, 3.05) is 6.54 Å². The average Bonchev–Trinajstić information content (AvgIpc) is 2.23. The second-order valence-corrected chi connectivity index (χ2v) is 6.07. The normalized spacial score (nSPS) is 31.9. The molecule has 2 unspecified atom stereocenters. The molecule has 0 aromatic rings. The van der Waals surface area contributed by atoms with Gasteiger partial charge in [0, 0.05) is 12.6 Å². The minimum Gasteiger partial charge on any atom is -0.370 e. The molecule has 0 amide bonds. The van der Waals surface area contributed by atoms with Crippen molar-refractivity contribution in [1.82, 2.24) is 4.90 Å². The quantitative estimate of drug-likeness (QED) is 0.784. The molecule has 1 aliphatic rings. The van der Waals surface area contributed by atoms with Crippen LogP contribution in [0.1, 0.15) is 48.0 Å². The molecule has 2 atom stereocenters. The molecule has 0 saturated heterocycles. The van der Waals surface area contributed by atoms with Gasteiger partial charge in [-0.15, -0.1) is 0 Å². The van der Waals surface area contributed by atoms with E-state index < -0.39 is 0 Å². The molecular formula is C13H27N3. The number of rotatable bonds is 2. The molecule has 16 heavy (non-hydrogen) atoms. The monoisotopic (exact) mass is 225 g/mol. The average molecular weight is 225 g/mol. The fraction of sp³-hybridized carbons (Fsp3) is 0.923. The zero-order valence-corrected chi connectivity index (χ0v) is 11.6. The number of hydrogen-bond acceptors (Lipinski definition) is 3. The van der Waals surface area contributed by atoms with E-state index in [1.54, 1.807) is 0 Å². The van der Waals surface area contributed by atoms with Crippen LogP contribution in [0.15, 0.2) is 4.99 Å². The molecule has 3 heteroatoms. The summed E-state index contributed by atoms with van der Waals surface area (Å²) in [6, 6.07) is 0.753. The van der Waals surface area contributed by atoms with Crippen LogP contribution < -0.4 is 5.73 Å². The lowest BCUT2D eigenvalue weighted by Gasteiger charge is -2.39. The van der Waals surface area contributed by atoms with E-state index in [9.17, 15) is 0 Å². The van der Waals surface area contributed by atoms with Gasteiger partial charge in [0.1, 0.15) is 0 Å². The fourth-order valence-corrected chi connectivity index (χ4v) is 2.42. The number of nitrogens with two attached hydrogens (primary N) is 1. The predicted molar refractivity (Wildman–Crippen MR) is 70.5 cm³/mol. The Morgan fingerprint density at radius 1 is 1.38 bits per heavy atom. The molecule has 1 heterocycles. The predicted octanol–water partition coefficient (Wildman–Crippen LogP) is 2.47. The van der Waals surface area contributed by atoms with Crippen molar-refractivity contribution in [1.29, 1.82) is 0 Å². The zero-order valence-electron chi connectivity index (χ0n) is 11.6. The lowest BCUT2D eigenvalue weighted by atomic mass is 9.74. The highest BCUT2D eigenvalue weighted by molar-refractivity contribution is 5.78. The van der Waals surface area contributed by atoms with Crippen molar-refractivity contribution in [3.8, 4) is 0 Å². The Bertz CT molecular complexity index is 270. The van der Waals surface area contributed by atoms with Crippen LogP contribution in [0, 0.1) is 11.3 Å². The summed E-state index contributed by atoms with van der Waals surface area (Å²) in [7, 11) is 0. The standard InChI is InChI=1S/C13H27N3/c1-9(2)13(6)7-11(5)15-12(14)16(8-13)10(3)4/h9-11H,7-8H2,1-6H3,(H2,14,15). The van der Waals surface area contributed by atoms with Crippen LogP contribution in [0.5, 0.6) is 0 Å². The van der Waals surface area contributed by atoms with Crippen LogP contribution in [-0.4, -0.2) is 29.5 Å². The molecule has 2 N–H and O–H groups in total. The third-order valence-corrected chi connectivity index (χ3v) is 3.96. The third-order valence-electron chi connectivity index (χ3n) is 3.96. The summed E-state index contributed by atoms with van der Waals surface area (Å²) in [4.78, 5) is 6.82. The van der Waals surface area contributed by atoms with Gasteiger partial charge in [0.2, 0.25) is 0 Å². The van der Waals surface area contributed by atoms with Crippen molar-refractivity contribution in [3.63, 3.8) is 0 Å². The summed E-state index contributed by atoms with van der Waals surface area (Å²) in [5.41, 5.74) is 6.37. The van der Waals surface area contributed by atoms with Gasteiger partial charge < -0.3 is 10.6 Å². The summed E-state index contributed by atoms with van der Waals surface area (Å²) < 4.78 is 0. The molecule has 0 spiro atoms. The van der Waals surface area contributed by atoms with Gasteiger partial charge in [0.05, 0.1) is 6.04 Å². The summed E-state index contributed by atoms with van der Waals surface area (Å²) in [6.45, 7) is 14.5. The Morgan fingerprint density at radius 3 is 2.38 bits per heavy atom. The zero-order chi connectivity index (χ0) is 12.5. The first kappa shape index (κ1) is 13.3. The lowest BCUT2D eigenvalue weighted by Crippen LogP contribution is -2.47. The molecule has 0 saturated carbocycles. The lowest BCUT2D eigenvalue weighted by molar-refractivity contribution is 0.134. The molecule has 3 nitrogen and oxygen atoms in total. The Kier molecular flexibility index (Phi) is 3.87. The number of hydrogen-bond donors (Lipinski definition) is 1. The number of aliphatic imine (C=N–C) groups is 1. The smallest absolute Gasteiger partial charge is 0.191 e. The van der Waals surface area contributed by atoms with Gasteiger partial charge in [0.15, 0.2) is 5.96 Å². The second-order valence-electron chi connectivity index (χ2n) is 6.07. The molecule has 1 rings (SSSR count). The van der Waals surface area contributed by atoms with Gasteiger partial charge in [0.25, 0.3) is 0 Å². The van der Waals surface area contributed by atoms with Gasteiger partial charge in [-0.3, -0.25) is 4.99 Å². The van der Waals surface area contributed by atoms with Crippen LogP contribution in [0.2, 0.25) is 0 Å². The van der Waals surface area contributed by atoms with Crippen LogP contribution in [0.4, 0.5) is 0 Å². The molecule has 0 radical (unpaired) electrons. The summed E-state index contributed by atoms with van der Waals surface area (Å²) in [6.07, 6.45) is 1.12. The maximum Gasteiger partial charge on any atom is 0.191 e. The van der Waals surface area contributed by atoms with Crippen LogP contribution in [0.25, 0.3) is 0 Å². The van der Waals surface area contributed by atoms with Crippen molar-refractivity contribution < 1.29 is 0 Å². The molecule has 0 aromatic carbocycles. The van der Waals surface area contributed by atoms with Gasteiger partial charge in [-0.1, -0.05) is 20.8 Å². The number of nitrogens with zero attached hydrogens (tertiary/aromatic N) is 2.